The second kappa shape index (κ2) is 4.78. The van der Waals surface area contributed by atoms with Crippen molar-refractivity contribution in [3.63, 3.8) is 0 Å². The lowest BCUT2D eigenvalue weighted by Gasteiger charge is -2.06. The quantitative estimate of drug-likeness (QED) is 0.811. The van der Waals surface area contributed by atoms with E-state index in [1.807, 2.05) is 6.92 Å². The van der Waals surface area contributed by atoms with Gasteiger partial charge in [-0.05, 0) is 34.5 Å². The Labute approximate surface area is 113 Å². The van der Waals surface area contributed by atoms with E-state index in [4.69, 9.17) is 11.6 Å². The molecule has 5 heteroatoms. The Kier molecular flexibility index (Phi) is 3.54. The van der Waals surface area contributed by atoms with Gasteiger partial charge in [-0.2, -0.15) is 5.10 Å². The van der Waals surface area contributed by atoms with Crippen LogP contribution < -0.4 is 0 Å². The van der Waals surface area contributed by atoms with E-state index in [2.05, 4.69) is 21.0 Å². The van der Waals surface area contributed by atoms with Crippen molar-refractivity contribution in [2.45, 2.75) is 13.3 Å². The van der Waals surface area contributed by atoms with Crippen LogP contribution in [0.4, 0.5) is 4.39 Å². The molecule has 90 valence electrons. The second-order valence-electron chi connectivity index (χ2n) is 3.68. The van der Waals surface area contributed by atoms with Crippen LogP contribution in [0.1, 0.15) is 12.6 Å². The summed E-state index contributed by atoms with van der Waals surface area (Å²) in [5, 5.41) is 4.72. The molecule has 1 heterocycles. The zero-order valence-electron chi connectivity index (χ0n) is 9.47. The molecule has 0 unspecified atom stereocenters. The SMILES string of the molecule is CCc1nn(C)c(-c2c(F)cccc2Cl)c1Br. The number of halogens is 3. The molecule has 0 aliphatic carbocycles. The Morgan fingerprint density at radius 2 is 2.18 bits per heavy atom. The number of hydrogen-bond donors (Lipinski definition) is 0. The standard InChI is InChI=1S/C12H11BrClFN2/c1-3-9-11(13)12(17(2)16-9)10-7(14)5-4-6-8(10)15/h4-6H,3H2,1-2H3. The van der Waals surface area contributed by atoms with Crippen LogP contribution in [0, 0.1) is 5.82 Å². The van der Waals surface area contributed by atoms with Crippen molar-refractivity contribution >= 4 is 27.5 Å². The zero-order chi connectivity index (χ0) is 12.6. The van der Waals surface area contributed by atoms with E-state index in [0.29, 0.717) is 16.3 Å². The highest BCUT2D eigenvalue weighted by molar-refractivity contribution is 9.10. The Morgan fingerprint density at radius 3 is 2.71 bits per heavy atom. The highest BCUT2D eigenvalue weighted by Crippen LogP contribution is 2.36. The van der Waals surface area contributed by atoms with Gasteiger partial charge in [-0.25, -0.2) is 4.39 Å². The molecule has 0 radical (unpaired) electrons. The monoisotopic (exact) mass is 316 g/mol. The first-order chi connectivity index (χ1) is 8.06. The number of aryl methyl sites for hydroxylation is 2. The molecule has 0 N–H and O–H groups in total. The Hall–Kier alpha value is -0.870. The maximum atomic E-state index is 13.9. The summed E-state index contributed by atoms with van der Waals surface area (Å²) < 4.78 is 16.3. The van der Waals surface area contributed by atoms with Gasteiger partial charge >= 0.3 is 0 Å². The van der Waals surface area contributed by atoms with Gasteiger partial charge in [-0.15, -0.1) is 0 Å². The summed E-state index contributed by atoms with van der Waals surface area (Å²) in [6.07, 6.45) is 0.778. The first-order valence-electron chi connectivity index (χ1n) is 5.22. The predicted molar refractivity (Wildman–Crippen MR) is 70.7 cm³/mol. The van der Waals surface area contributed by atoms with Crippen LogP contribution in [0.25, 0.3) is 11.3 Å². The molecule has 2 nitrogen and oxygen atoms in total. The van der Waals surface area contributed by atoms with Crippen molar-refractivity contribution in [3.05, 3.63) is 39.2 Å². The van der Waals surface area contributed by atoms with Gasteiger partial charge in [-0.3, -0.25) is 4.68 Å². The first-order valence-corrected chi connectivity index (χ1v) is 6.39. The third-order valence-electron chi connectivity index (χ3n) is 2.59. The number of hydrogen-bond acceptors (Lipinski definition) is 1. The fourth-order valence-corrected chi connectivity index (χ4v) is 2.84. The van der Waals surface area contributed by atoms with Gasteiger partial charge in [0.15, 0.2) is 0 Å². The number of aromatic nitrogens is 2. The second-order valence-corrected chi connectivity index (χ2v) is 4.88. The summed E-state index contributed by atoms with van der Waals surface area (Å²) in [5.41, 5.74) is 1.95. The summed E-state index contributed by atoms with van der Waals surface area (Å²) in [7, 11) is 1.78. The summed E-state index contributed by atoms with van der Waals surface area (Å²) in [4.78, 5) is 0. The molecule has 2 aromatic rings. The average Bonchev–Trinajstić information content (AvgIpc) is 2.56. The van der Waals surface area contributed by atoms with Gasteiger partial charge in [0.25, 0.3) is 0 Å². The molecular weight excluding hydrogens is 307 g/mol. The molecule has 0 fully saturated rings. The molecule has 0 aliphatic heterocycles. The molecule has 0 spiro atoms. The molecule has 0 atom stereocenters. The number of nitrogens with zero attached hydrogens (tertiary/aromatic N) is 2. The van der Waals surface area contributed by atoms with Crippen LogP contribution in [0.15, 0.2) is 22.7 Å². The van der Waals surface area contributed by atoms with Crippen LogP contribution in [-0.2, 0) is 13.5 Å². The first kappa shape index (κ1) is 12.6. The molecule has 0 bridgehead atoms. The zero-order valence-corrected chi connectivity index (χ0v) is 11.8. The maximum Gasteiger partial charge on any atom is 0.134 e. The number of benzene rings is 1. The van der Waals surface area contributed by atoms with Crippen molar-refractivity contribution < 1.29 is 4.39 Å². The minimum absolute atomic E-state index is 0.344. The topological polar surface area (TPSA) is 17.8 Å². The molecule has 1 aromatic heterocycles. The maximum absolute atomic E-state index is 13.9. The number of rotatable bonds is 2. The van der Waals surface area contributed by atoms with E-state index in [9.17, 15) is 4.39 Å². The van der Waals surface area contributed by atoms with E-state index in [1.54, 1.807) is 23.9 Å². The van der Waals surface area contributed by atoms with Gasteiger partial charge in [-0.1, -0.05) is 24.6 Å². The van der Waals surface area contributed by atoms with Crippen molar-refractivity contribution in [3.8, 4) is 11.3 Å². The van der Waals surface area contributed by atoms with Gasteiger partial charge in [0, 0.05) is 7.05 Å². The minimum atomic E-state index is -0.344. The van der Waals surface area contributed by atoms with Gasteiger partial charge < -0.3 is 0 Å². The smallest absolute Gasteiger partial charge is 0.134 e. The van der Waals surface area contributed by atoms with Crippen LogP contribution in [0.3, 0.4) is 0 Å². The van der Waals surface area contributed by atoms with E-state index in [-0.39, 0.29) is 5.82 Å². The predicted octanol–water partition coefficient (Wildman–Crippen LogP) is 4.20. The normalized spacial score (nSPS) is 10.9. The fraction of sp³-hybridized carbons (Fsp3) is 0.250. The minimum Gasteiger partial charge on any atom is -0.266 e. The van der Waals surface area contributed by atoms with E-state index in [1.165, 1.54) is 6.07 Å². The van der Waals surface area contributed by atoms with Crippen LogP contribution >= 0.6 is 27.5 Å². The van der Waals surface area contributed by atoms with Crippen molar-refractivity contribution in [1.82, 2.24) is 9.78 Å². The summed E-state index contributed by atoms with van der Waals surface area (Å²) in [5.74, 6) is -0.344. The molecule has 0 amide bonds. The molecule has 1 aromatic carbocycles. The third-order valence-corrected chi connectivity index (χ3v) is 3.74. The van der Waals surface area contributed by atoms with E-state index < -0.39 is 0 Å². The van der Waals surface area contributed by atoms with Gasteiger partial charge in [0.2, 0.25) is 0 Å². The van der Waals surface area contributed by atoms with E-state index >= 15 is 0 Å². The summed E-state index contributed by atoms with van der Waals surface area (Å²) >= 11 is 9.52. The van der Waals surface area contributed by atoms with E-state index in [0.717, 1.165) is 16.6 Å². The van der Waals surface area contributed by atoms with Crippen molar-refractivity contribution in [1.29, 1.82) is 0 Å². The summed E-state index contributed by atoms with van der Waals surface area (Å²) in [6.45, 7) is 2.00. The molecule has 2 rings (SSSR count). The average molecular weight is 318 g/mol. The van der Waals surface area contributed by atoms with Crippen molar-refractivity contribution in [2.75, 3.05) is 0 Å². The molecule has 0 saturated heterocycles. The van der Waals surface area contributed by atoms with Crippen LogP contribution in [0.5, 0.6) is 0 Å². The molecule has 17 heavy (non-hydrogen) atoms. The lowest BCUT2D eigenvalue weighted by Crippen LogP contribution is -1.97. The highest BCUT2D eigenvalue weighted by Gasteiger charge is 2.19. The fourth-order valence-electron chi connectivity index (χ4n) is 1.78. The molecular formula is C12H11BrClFN2. The largest absolute Gasteiger partial charge is 0.266 e. The summed E-state index contributed by atoms with van der Waals surface area (Å²) in [6, 6.07) is 4.66. The Balaban J connectivity index is 2.73. The molecule has 0 aliphatic rings. The Morgan fingerprint density at radius 1 is 1.47 bits per heavy atom. The van der Waals surface area contributed by atoms with Crippen molar-refractivity contribution in [2.24, 2.45) is 7.05 Å². The lowest BCUT2D eigenvalue weighted by atomic mass is 10.1. The third kappa shape index (κ3) is 2.11. The van der Waals surface area contributed by atoms with Crippen LogP contribution in [0.2, 0.25) is 5.02 Å². The Bertz CT molecular complexity index is 546. The molecule has 0 saturated carbocycles. The van der Waals surface area contributed by atoms with Crippen LogP contribution in [-0.4, -0.2) is 9.78 Å². The van der Waals surface area contributed by atoms with Gasteiger partial charge in [0.05, 0.1) is 26.4 Å². The lowest BCUT2D eigenvalue weighted by molar-refractivity contribution is 0.628. The highest BCUT2D eigenvalue weighted by atomic mass is 79.9. The van der Waals surface area contributed by atoms with Gasteiger partial charge in [0.1, 0.15) is 5.82 Å².